The first-order valence-corrected chi connectivity index (χ1v) is 14.5. The Morgan fingerprint density at radius 2 is 1.92 bits per heavy atom. The molecule has 198 valence electrons. The number of hydrogen-bond donors (Lipinski definition) is 2. The zero-order valence-electron chi connectivity index (χ0n) is 21.3. The quantitative estimate of drug-likeness (QED) is 0.489. The molecule has 2 aromatic carbocycles. The van der Waals surface area contributed by atoms with Crippen LogP contribution in [0.5, 0.6) is 0 Å². The lowest BCUT2D eigenvalue weighted by Crippen LogP contribution is -2.51. The number of nitrogens with zero attached hydrogens (tertiary/aromatic N) is 4. The van der Waals surface area contributed by atoms with Crippen molar-refractivity contribution in [1.82, 2.24) is 20.0 Å². The SMILES string of the molecule is O=C(CN1C(=O)C2(CCN(C(O)c3ccc4[nH]ncc4c3)CC2)c2c(Br)cccc21)N1C[C@H]2CCC[C@H]2C1. The molecule has 3 atom stereocenters. The van der Waals surface area contributed by atoms with Crippen LogP contribution in [0.4, 0.5) is 5.69 Å². The van der Waals surface area contributed by atoms with E-state index >= 15 is 0 Å². The number of nitrogens with one attached hydrogen (secondary N) is 1. The van der Waals surface area contributed by atoms with E-state index in [0.717, 1.165) is 45.3 Å². The minimum absolute atomic E-state index is 0.0149. The average Bonchev–Trinajstić information content (AvgIpc) is 3.70. The Hall–Kier alpha value is -2.75. The minimum Gasteiger partial charge on any atom is -0.374 e. The van der Waals surface area contributed by atoms with Gasteiger partial charge in [-0.1, -0.05) is 34.5 Å². The summed E-state index contributed by atoms with van der Waals surface area (Å²) in [5.74, 6) is 1.33. The second-order valence-electron chi connectivity index (χ2n) is 11.5. The molecule has 1 unspecified atom stereocenters. The minimum atomic E-state index is -0.755. The van der Waals surface area contributed by atoms with Crippen molar-refractivity contribution in [3.63, 3.8) is 0 Å². The van der Waals surface area contributed by atoms with Crippen LogP contribution < -0.4 is 4.90 Å². The van der Waals surface area contributed by atoms with E-state index in [1.165, 1.54) is 19.3 Å². The van der Waals surface area contributed by atoms with Gasteiger partial charge in [0.05, 0.1) is 17.1 Å². The first-order chi connectivity index (χ1) is 18.4. The van der Waals surface area contributed by atoms with Crippen molar-refractivity contribution in [2.75, 3.05) is 37.6 Å². The number of fused-ring (bicyclic) bond motifs is 4. The van der Waals surface area contributed by atoms with E-state index in [2.05, 4.69) is 26.1 Å². The van der Waals surface area contributed by atoms with Crippen LogP contribution in [0.25, 0.3) is 10.9 Å². The summed E-state index contributed by atoms with van der Waals surface area (Å²) in [6, 6.07) is 11.7. The number of H-pyrrole nitrogens is 1. The van der Waals surface area contributed by atoms with Crippen molar-refractivity contribution in [1.29, 1.82) is 0 Å². The van der Waals surface area contributed by atoms with Gasteiger partial charge in [0.15, 0.2) is 0 Å². The molecule has 8 nitrogen and oxygen atoms in total. The fraction of sp³-hybridized carbons (Fsp3) is 0.483. The number of hydrogen-bond acceptors (Lipinski definition) is 5. The number of anilines is 1. The molecule has 1 spiro atoms. The molecule has 2 amide bonds. The van der Waals surface area contributed by atoms with Crippen molar-refractivity contribution in [3.05, 3.63) is 58.2 Å². The van der Waals surface area contributed by atoms with Gasteiger partial charge < -0.3 is 14.9 Å². The van der Waals surface area contributed by atoms with E-state index in [1.54, 1.807) is 11.1 Å². The summed E-state index contributed by atoms with van der Waals surface area (Å²) >= 11 is 3.73. The van der Waals surface area contributed by atoms with Gasteiger partial charge in [-0.15, -0.1) is 0 Å². The molecule has 0 bridgehead atoms. The highest BCUT2D eigenvalue weighted by atomic mass is 79.9. The molecule has 3 aromatic rings. The molecule has 2 saturated heterocycles. The lowest BCUT2D eigenvalue weighted by atomic mass is 9.73. The fourth-order valence-corrected chi connectivity index (χ4v) is 8.20. The maximum Gasteiger partial charge on any atom is 0.242 e. The van der Waals surface area contributed by atoms with Crippen LogP contribution in [0.2, 0.25) is 0 Å². The maximum absolute atomic E-state index is 14.1. The number of halogens is 1. The lowest BCUT2D eigenvalue weighted by molar-refractivity contribution is -0.132. The number of aromatic amines is 1. The number of amides is 2. The lowest BCUT2D eigenvalue weighted by Gasteiger charge is -2.40. The van der Waals surface area contributed by atoms with Crippen LogP contribution in [-0.2, 0) is 15.0 Å². The van der Waals surface area contributed by atoms with Gasteiger partial charge in [-0.2, -0.15) is 5.10 Å². The number of aliphatic hydroxyl groups excluding tert-OH is 1. The van der Waals surface area contributed by atoms with Gasteiger partial charge in [0.2, 0.25) is 11.8 Å². The largest absolute Gasteiger partial charge is 0.374 e. The number of aromatic nitrogens is 2. The van der Waals surface area contributed by atoms with Crippen molar-refractivity contribution >= 4 is 44.3 Å². The average molecular weight is 579 g/mol. The fourth-order valence-electron chi connectivity index (χ4n) is 7.46. The number of carbonyl (C=O) groups is 2. The normalized spacial score (nSPS) is 25.4. The van der Waals surface area contributed by atoms with Gasteiger partial charge >= 0.3 is 0 Å². The Labute approximate surface area is 230 Å². The van der Waals surface area contributed by atoms with Crippen LogP contribution in [0.1, 0.15) is 49.5 Å². The Bertz CT molecular complexity index is 1400. The molecule has 4 heterocycles. The number of benzene rings is 2. The van der Waals surface area contributed by atoms with E-state index in [-0.39, 0.29) is 18.4 Å². The highest BCUT2D eigenvalue weighted by Crippen LogP contribution is 2.51. The highest BCUT2D eigenvalue weighted by molar-refractivity contribution is 9.10. The second kappa shape index (κ2) is 9.17. The monoisotopic (exact) mass is 577 g/mol. The molecular formula is C29H32BrN5O3. The highest BCUT2D eigenvalue weighted by Gasteiger charge is 2.54. The van der Waals surface area contributed by atoms with Crippen LogP contribution in [-0.4, -0.2) is 69.6 Å². The standard InChI is InChI=1S/C29H32BrN5O3/c30-22-5-2-6-24-26(22)29(28(38)35(24)17-25(36)34-15-19-3-1-4-20(19)16-34)9-11-33(12-10-29)27(37)18-7-8-23-21(13-18)14-31-32-23/h2,5-8,13-14,19-20,27,37H,1,3-4,9-12,15-17H2,(H,31,32)/t19-,20+,27?. The molecule has 7 rings (SSSR count). The third-order valence-electron chi connectivity index (χ3n) is 9.55. The van der Waals surface area contributed by atoms with E-state index in [1.807, 2.05) is 46.2 Å². The maximum atomic E-state index is 14.1. The Balaban J connectivity index is 1.11. The van der Waals surface area contributed by atoms with E-state index in [4.69, 9.17) is 0 Å². The summed E-state index contributed by atoms with van der Waals surface area (Å²) in [6.07, 6.45) is 5.88. The molecule has 3 aliphatic heterocycles. The zero-order chi connectivity index (χ0) is 26.0. The third-order valence-corrected chi connectivity index (χ3v) is 10.2. The number of piperidine rings is 1. The predicted molar refractivity (Wildman–Crippen MR) is 147 cm³/mol. The first kappa shape index (κ1) is 24.3. The summed E-state index contributed by atoms with van der Waals surface area (Å²) in [4.78, 5) is 33.3. The summed E-state index contributed by atoms with van der Waals surface area (Å²) in [7, 11) is 0. The van der Waals surface area contributed by atoms with E-state index < -0.39 is 11.6 Å². The Morgan fingerprint density at radius 3 is 2.68 bits per heavy atom. The van der Waals surface area contributed by atoms with Gasteiger partial charge in [-0.05, 0) is 67.3 Å². The molecule has 1 aliphatic carbocycles. The van der Waals surface area contributed by atoms with Crippen LogP contribution in [0.3, 0.4) is 0 Å². The number of carbonyl (C=O) groups excluding carboxylic acids is 2. The predicted octanol–water partition coefficient (Wildman–Crippen LogP) is 3.96. The molecule has 3 fully saturated rings. The molecular weight excluding hydrogens is 546 g/mol. The summed E-state index contributed by atoms with van der Waals surface area (Å²) in [5, 5.41) is 19.2. The molecule has 1 aromatic heterocycles. The van der Waals surface area contributed by atoms with Gasteiger partial charge in [0.1, 0.15) is 12.8 Å². The molecule has 38 heavy (non-hydrogen) atoms. The van der Waals surface area contributed by atoms with Gasteiger partial charge in [-0.25, -0.2) is 0 Å². The van der Waals surface area contributed by atoms with Crippen LogP contribution in [0.15, 0.2) is 47.1 Å². The smallest absolute Gasteiger partial charge is 0.242 e. The first-order valence-electron chi connectivity index (χ1n) is 13.7. The molecule has 1 saturated carbocycles. The molecule has 9 heteroatoms. The summed E-state index contributed by atoms with van der Waals surface area (Å²) < 4.78 is 0.911. The number of aliphatic hydroxyl groups is 1. The van der Waals surface area contributed by atoms with E-state index in [0.29, 0.717) is 37.8 Å². The van der Waals surface area contributed by atoms with E-state index in [9.17, 15) is 14.7 Å². The molecule has 0 radical (unpaired) electrons. The van der Waals surface area contributed by atoms with Gasteiger partial charge in [-0.3, -0.25) is 19.6 Å². The molecule has 4 aliphatic rings. The van der Waals surface area contributed by atoms with Gasteiger partial charge in [0, 0.05) is 47.3 Å². The van der Waals surface area contributed by atoms with Crippen molar-refractivity contribution in [2.24, 2.45) is 11.8 Å². The van der Waals surface area contributed by atoms with Crippen molar-refractivity contribution < 1.29 is 14.7 Å². The number of rotatable bonds is 4. The summed E-state index contributed by atoms with van der Waals surface area (Å²) in [5.41, 5.74) is 2.89. The second-order valence-corrected chi connectivity index (χ2v) is 12.3. The Kier molecular flexibility index (Phi) is 5.87. The van der Waals surface area contributed by atoms with Gasteiger partial charge in [0.25, 0.3) is 0 Å². The topological polar surface area (TPSA) is 92.8 Å². The Morgan fingerprint density at radius 1 is 1.16 bits per heavy atom. The van der Waals surface area contributed by atoms with Crippen LogP contribution >= 0.6 is 15.9 Å². The third kappa shape index (κ3) is 3.73. The van der Waals surface area contributed by atoms with Crippen LogP contribution in [0, 0.1) is 11.8 Å². The molecule has 2 N–H and O–H groups in total. The van der Waals surface area contributed by atoms with Crippen molar-refractivity contribution in [3.8, 4) is 0 Å². The van der Waals surface area contributed by atoms with Crippen molar-refractivity contribution in [2.45, 2.75) is 43.7 Å². The number of likely N-dealkylation sites (tertiary alicyclic amines) is 2. The zero-order valence-corrected chi connectivity index (χ0v) is 22.9. The summed E-state index contributed by atoms with van der Waals surface area (Å²) in [6.45, 7) is 2.92.